The molecule has 0 saturated heterocycles. The van der Waals surface area contributed by atoms with Crippen LogP contribution in [0.15, 0.2) is 30.3 Å². The molecule has 1 aromatic carbocycles. The van der Waals surface area contributed by atoms with Crippen molar-refractivity contribution in [3.05, 3.63) is 35.9 Å². The van der Waals surface area contributed by atoms with Crippen molar-refractivity contribution in [1.29, 1.82) is 0 Å². The average molecular weight is 346 g/mol. The third kappa shape index (κ3) is 6.16. The molecule has 5 nitrogen and oxygen atoms in total. The zero-order valence-corrected chi connectivity index (χ0v) is 15.0. The third-order valence-electron chi connectivity index (χ3n) is 4.96. The van der Waals surface area contributed by atoms with Crippen molar-refractivity contribution < 1.29 is 14.7 Å². The lowest BCUT2D eigenvalue weighted by atomic mass is 9.96. The van der Waals surface area contributed by atoms with Crippen LogP contribution in [-0.4, -0.2) is 35.6 Å². The van der Waals surface area contributed by atoms with E-state index in [9.17, 15) is 14.7 Å². The first-order valence-corrected chi connectivity index (χ1v) is 9.38. The summed E-state index contributed by atoms with van der Waals surface area (Å²) < 4.78 is 0. The first kappa shape index (κ1) is 19.4. The fraction of sp³-hybridized carbons (Fsp3) is 0.600. The minimum Gasteiger partial charge on any atom is -0.394 e. The van der Waals surface area contributed by atoms with E-state index in [0.717, 1.165) is 31.2 Å². The molecular weight excluding hydrogens is 316 g/mol. The van der Waals surface area contributed by atoms with Gasteiger partial charge in [0, 0.05) is 6.04 Å². The van der Waals surface area contributed by atoms with Gasteiger partial charge in [-0.25, -0.2) is 0 Å². The van der Waals surface area contributed by atoms with Gasteiger partial charge < -0.3 is 15.7 Å². The first-order valence-electron chi connectivity index (χ1n) is 9.38. The number of aliphatic hydroxyl groups excluding tert-OH is 1. The fourth-order valence-corrected chi connectivity index (χ4v) is 3.29. The molecule has 1 aliphatic rings. The molecule has 1 saturated carbocycles. The Morgan fingerprint density at radius 3 is 2.24 bits per heavy atom. The lowest BCUT2D eigenvalue weighted by Crippen LogP contribution is -2.52. The Labute approximate surface area is 150 Å². The van der Waals surface area contributed by atoms with Gasteiger partial charge in [-0.1, -0.05) is 62.4 Å². The van der Waals surface area contributed by atoms with Crippen LogP contribution in [0.3, 0.4) is 0 Å². The molecule has 1 aliphatic carbocycles. The number of hydrogen-bond acceptors (Lipinski definition) is 3. The summed E-state index contributed by atoms with van der Waals surface area (Å²) in [6.45, 7) is 1.40. The molecule has 1 aromatic rings. The fourth-order valence-electron chi connectivity index (χ4n) is 3.29. The van der Waals surface area contributed by atoms with Gasteiger partial charge >= 0.3 is 0 Å². The van der Waals surface area contributed by atoms with E-state index in [1.165, 1.54) is 19.3 Å². The summed E-state index contributed by atoms with van der Waals surface area (Å²) in [6, 6.07) is 8.66. The summed E-state index contributed by atoms with van der Waals surface area (Å²) in [5.41, 5.74) is 0.886. The van der Waals surface area contributed by atoms with Gasteiger partial charge in [-0.2, -0.15) is 0 Å². The maximum absolute atomic E-state index is 12.4. The molecule has 3 N–H and O–H groups in total. The van der Waals surface area contributed by atoms with Gasteiger partial charge in [0.05, 0.1) is 12.5 Å². The van der Waals surface area contributed by atoms with Crippen LogP contribution in [0.5, 0.6) is 0 Å². The number of benzene rings is 1. The molecule has 0 spiro atoms. The van der Waals surface area contributed by atoms with Gasteiger partial charge in [0.25, 0.3) is 0 Å². The molecule has 0 radical (unpaired) electrons. The second-order valence-electron chi connectivity index (χ2n) is 6.93. The Bertz CT molecular complexity index is 539. The zero-order valence-electron chi connectivity index (χ0n) is 15.0. The number of aliphatic hydroxyl groups is 1. The van der Waals surface area contributed by atoms with E-state index in [1.54, 1.807) is 6.92 Å². The van der Waals surface area contributed by atoms with Gasteiger partial charge in [0.2, 0.25) is 11.8 Å². The highest BCUT2D eigenvalue weighted by molar-refractivity contribution is 5.90. The highest BCUT2D eigenvalue weighted by Gasteiger charge is 2.25. The largest absolute Gasteiger partial charge is 0.394 e. The Morgan fingerprint density at radius 1 is 1.04 bits per heavy atom. The topological polar surface area (TPSA) is 78.4 Å². The van der Waals surface area contributed by atoms with Gasteiger partial charge in [-0.05, 0) is 25.3 Å². The van der Waals surface area contributed by atoms with Crippen LogP contribution in [0, 0.1) is 0 Å². The molecule has 0 bridgehead atoms. The molecule has 0 heterocycles. The normalized spacial score (nSPS) is 18.5. The van der Waals surface area contributed by atoms with Crippen molar-refractivity contribution in [3.8, 4) is 0 Å². The van der Waals surface area contributed by atoms with Gasteiger partial charge in [0.1, 0.15) is 6.04 Å². The monoisotopic (exact) mass is 346 g/mol. The summed E-state index contributed by atoms with van der Waals surface area (Å²) in [5, 5.41) is 15.2. The van der Waals surface area contributed by atoms with Gasteiger partial charge in [-0.3, -0.25) is 9.59 Å². The van der Waals surface area contributed by atoms with Gasteiger partial charge in [-0.15, -0.1) is 0 Å². The van der Waals surface area contributed by atoms with E-state index >= 15 is 0 Å². The van der Waals surface area contributed by atoms with E-state index < -0.39 is 12.6 Å². The highest BCUT2D eigenvalue weighted by atomic mass is 16.3. The number of carbonyl (C=O) groups is 2. The predicted octanol–water partition coefficient (Wildman–Crippen LogP) is 2.50. The van der Waals surface area contributed by atoms with Crippen molar-refractivity contribution in [1.82, 2.24) is 10.6 Å². The van der Waals surface area contributed by atoms with Crippen LogP contribution < -0.4 is 10.6 Å². The van der Waals surface area contributed by atoms with Crippen LogP contribution in [0.1, 0.15) is 63.4 Å². The molecule has 5 heteroatoms. The van der Waals surface area contributed by atoms with E-state index in [4.69, 9.17) is 0 Å². The molecule has 25 heavy (non-hydrogen) atoms. The van der Waals surface area contributed by atoms with Gasteiger partial charge in [0.15, 0.2) is 0 Å². The van der Waals surface area contributed by atoms with E-state index in [2.05, 4.69) is 10.6 Å². The van der Waals surface area contributed by atoms with Crippen LogP contribution in [-0.2, 0) is 9.59 Å². The minimum atomic E-state index is -0.899. The van der Waals surface area contributed by atoms with Crippen LogP contribution in [0.4, 0.5) is 0 Å². The Hall–Kier alpha value is -1.88. The quantitative estimate of drug-likeness (QED) is 0.740. The second-order valence-corrected chi connectivity index (χ2v) is 6.93. The summed E-state index contributed by atoms with van der Waals surface area (Å²) >= 11 is 0. The standard InChI is InChI=1S/C20H30N2O3/c1-15(16-10-6-5-7-11-16)19(24)22-18(14-23)20(25)21-17-12-8-3-2-4-9-13-17/h5-7,10-11,15,17-18,23H,2-4,8-9,12-14H2,1H3,(H,21,25)(H,22,24). The van der Waals surface area contributed by atoms with E-state index in [1.807, 2.05) is 30.3 Å². The second kappa shape index (κ2) is 10.2. The number of rotatable bonds is 6. The molecule has 2 rings (SSSR count). The van der Waals surface area contributed by atoms with Crippen molar-refractivity contribution in [2.45, 2.75) is 69.9 Å². The number of hydrogen-bond donors (Lipinski definition) is 3. The molecule has 2 amide bonds. The Balaban J connectivity index is 1.89. The maximum atomic E-state index is 12.4. The zero-order chi connectivity index (χ0) is 18.1. The third-order valence-corrected chi connectivity index (χ3v) is 4.96. The molecule has 1 fully saturated rings. The lowest BCUT2D eigenvalue weighted by Gasteiger charge is -2.24. The summed E-state index contributed by atoms with van der Waals surface area (Å²) in [6.07, 6.45) is 7.87. The molecule has 2 unspecified atom stereocenters. The van der Waals surface area contributed by atoms with Crippen molar-refractivity contribution in [3.63, 3.8) is 0 Å². The first-order chi connectivity index (χ1) is 12.1. The maximum Gasteiger partial charge on any atom is 0.245 e. The van der Waals surface area contributed by atoms with Crippen molar-refractivity contribution in [2.75, 3.05) is 6.61 Å². The smallest absolute Gasteiger partial charge is 0.245 e. The summed E-state index contributed by atoms with van der Waals surface area (Å²) in [5.74, 6) is -0.913. The van der Waals surface area contributed by atoms with Crippen LogP contribution in [0.2, 0.25) is 0 Å². The van der Waals surface area contributed by atoms with E-state index in [0.29, 0.717) is 0 Å². The number of carbonyl (C=O) groups excluding carboxylic acids is 2. The van der Waals surface area contributed by atoms with Crippen LogP contribution >= 0.6 is 0 Å². The summed E-state index contributed by atoms with van der Waals surface area (Å²) in [7, 11) is 0. The molecule has 2 atom stereocenters. The molecular formula is C20H30N2O3. The molecule has 0 aliphatic heterocycles. The minimum absolute atomic E-state index is 0.144. The van der Waals surface area contributed by atoms with E-state index in [-0.39, 0.29) is 23.8 Å². The van der Waals surface area contributed by atoms with Crippen molar-refractivity contribution >= 4 is 11.8 Å². The highest BCUT2D eigenvalue weighted by Crippen LogP contribution is 2.17. The molecule has 0 aromatic heterocycles. The number of amides is 2. The predicted molar refractivity (Wildman–Crippen MR) is 98.1 cm³/mol. The average Bonchev–Trinajstić information content (AvgIpc) is 2.61. The van der Waals surface area contributed by atoms with Crippen molar-refractivity contribution in [2.24, 2.45) is 0 Å². The number of nitrogens with one attached hydrogen (secondary N) is 2. The summed E-state index contributed by atoms with van der Waals surface area (Å²) in [4.78, 5) is 24.9. The SMILES string of the molecule is CC(C(=O)NC(CO)C(=O)NC1CCCCCCC1)c1ccccc1. The lowest BCUT2D eigenvalue weighted by molar-refractivity contribution is -0.131. The Kier molecular flexibility index (Phi) is 7.92. The van der Waals surface area contributed by atoms with Crippen LogP contribution in [0.25, 0.3) is 0 Å². The molecule has 138 valence electrons. The Morgan fingerprint density at radius 2 is 1.64 bits per heavy atom.